The van der Waals surface area contributed by atoms with Crippen molar-refractivity contribution in [1.82, 2.24) is 9.78 Å². The lowest BCUT2D eigenvalue weighted by molar-refractivity contribution is -0.115. The summed E-state index contributed by atoms with van der Waals surface area (Å²) in [5, 5.41) is 7.43. The third-order valence-electron chi connectivity index (χ3n) is 5.24. The third kappa shape index (κ3) is 3.37. The lowest BCUT2D eigenvalue weighted by Gasteiger charge is -2.09. The normalized spacial score (nSPS) is 12.9. The van der Waals surface area contributed by atoms with E-state index in [1.807, 2.05) is 19.9 Å². The smallest absolute Gasteiger partial charge is 0.228 e. The molecule has 0 bridgehead atoms. The van der Waals surface area contributed by atoms with Gasteiger partial charge in [-0.2, -0.15) is 5.10 Å². The van der Waals surface area contributed by atoms with Crippen molar-refractivity contribution in [3.8, 4) is 5.69 Å². The first-order valence-electron chi connectivity index (χ1n) is 9.24. The molecule has 0 radical (unpaired) electrons. The summed E-state index contributed by atoms with van der Waals surface area (Å²) in [5.74, 6) is -0.426. The molecule has 27 heavy (non-hydrogen) atoms. The van der Waals surface area contributed by atoms with Crippen LogP contribution in [0, 0.1) is 19.7 Å². The average Bonchev–Trinajstić information content (AvgIpc) is 3.21. The molecule has 0 spiro atoms. The van der Waals surface area contributed by atoms with Gasteiger partial charge in [0, 0.05) is 16.9 Å². The van der Waals surface area contributed by atoms with Crippen molar-refractivity contribution in [2.75, 3.05) is 5.32 Å². The number of rotatable bonds is 4. The first-order chi connectivity index (χ1) is 13.0. The minimum Gasteiger partial charge on any atom is -0.326 e. The van der Waals surface area contributed by atoms with Crippen LogP contribution in [0.3, 0.4) is 0 Å². The highest BCUT2D eigenvalue weighted by Gasteiger charge is 2.18. The highest BCUT2D eigenvalue weighted by molar-refractivity contribution is 5.92. The van der Waals surface area contributed by atoms with E-state index in [1.165, 1.54) is 23.6 Å². The third-order valence-corrected chi connectivity index (χ3v) is 5.24. The van der Waals surface area contributed by atoms with E-state index in [-0.39, 0.29) is 18.1 Å². The number of carbonyl (C=O) groups excluding carboxylic acids is 1. The second-order valence-electron chi connectivity index (χ2n) is 7.07. The highest BCUT2D eigenvalue weighted by atomic mass is 19.1. The zero-order valence-electron chi connectivity index (χ0n) is 15.6. The molecule has 0 unspecified atom stereocenters. The monoisotopic (exact) mass is 363 g/mol. The molecule has 0 aliphatic heterocycles. The van der Waals surface area contributed by atoms with Gasteiger partial charge in [-0.05, 0) is 68.5 Å². The maximum Gasteiger partial charge on any atom is 0.228 e. The molecule has 0 atom stereocenters. The van der Waals surface area contributed by atoms with E-state index in [0.717, 1.165) is 35.5 Å². The van der Waals surface area contributed by atoms with E-state index in [0.29, 0.717) is 5.69 Å². The average molecular weight is 363 g/mol. The van der Waals surface area contributed by atoms with Gasteiger partial charge in [-0.1, -0.05) is 18.2 Å². The Morgan fingerprint density at radius 3 is 2.74 bits per heavy atom. The van der Waals surface area contributed by atoms with Crippen LogP contribution < -0.4 is 5.32 Å². The first-order valence-corrected chi connectivity index (χ1v) is 9.24. The van der Waals surface area contributed by atoms with Gasteiger partial charge in [0.05, 0.1) is 12.1 Å². The largest absolute Gasteiger partial charge is 0.326 e. The van der Waals surface area contributed by atoms with Crippen molar-refractivity contribution in [3.05, 3.63) is 76.4 Å². The Kier molecular flexibility index (Phi) is 4.52. The fourth-order valence-electron chi connectivity index (χ4n) is 3.80. The van der Waals surface area contributed by atoms with Crippen LogP contribution in [0.2, 0.25) is 0 Å². The summed E-state index contributed by atoms with van der Waals surface area (Å²) in [6, 6.07) is 12.7. The molecule has 0 saturated carbocycles. The second-order valence-corrected chi connectivity index (χ2v) is 7.07. The van der Waals surface area contributed by atoms with Crippen LogP contribution >= 0.6 is 0 Å². The number of halogens is 1. The molecule has 1 heterocycles. The standard InChI is InChI=1S/C22H22FN3O/c1-14-19(15(2)26(25-14)21-9-4-3-8-20(21)23)13-22(27)24-18-11-10-16-6-5-7-17(16)12-18/h3-4,8-12H,5-7,13H2,1-2H3,(H,24,27). The van der Waals surface area contributed by atoms with E-state index < -0.39 is 0 Å². The number of fused-ring (bicyclic) bond motifs is 1. The number of amides is 1. The molecule has 4 rings (SSSR count). The minimum atomic E-state index is -0.336. The first kappa shape index (κ1) is 17.5. The summed E-state index contributed by atoms with van der Waals surface area (Å²) in [6.07, 6.45) is 3.59. The van der Waals surface area contributed by atoms with Crippen LogP contribution in [0.4, 0.5) is 10.1 Å². The number of hydrogen-bond acceptors (Lipinski definition) is 2. The number of aromatic nitrogens is 2. The molecule has 1 amide bonds. The Bertz CT molecular complexity index is 1020. The quantitative estimate of drug-likeness (QED) is 0.751. The fourth-order valence-corrected chi connectivity index (χ4v) is 3.80. The second kappa shape index (κ2) is 6.99. The molecule has 3 aromatic rings. The Hall–Kier alpha value is -2.95. The summed E-state index contributed by atoms with van der Waals surface area (Å²) in [5.41, 5.74) is 6.28. The lowest BCUT2D eigenvalue weighted by atomic mass is 10.1. The zero-order chi connectivity index (χ0) is 19.0. The van der Waals surface area contributed by atoms with Gasteiger partial charge in [0.1, 0.15) is 11.5 Å². The molecule has 0 fully saturated rings. The molecule has 5 heteroatoms. The van der Waals surface area contributed by atoms with E-state index in [9.17, 15) is 9.18 Å². The number of para-hydroxylation sites is 1. The van der Waals surface area contributed by atoms with Gasteiger partial charge in [0.25, 0.3) is 0 Å². The molecule has 1 N–H and O–H groups in total. The molecule has 1 aliphatic carbocycles. The number of anilines is 1. The maximum absolute atomic E-state index is 14.1. The molecular formula is C22H22FN3O. The topological polar surface area (TPSA) is 46.9 Å². The Morgan fingerprint density at radius 1 is 1.15 bits per heavy atom. The van der Waals surface area contributed by atoms with Crippen LogP contribution in [0.25, 0.3) is 5.69 Å². The molecule has 4 nitrogen and oxygen atoms in total. The Morgan fingerprint density at radius 2 is 1.93 bits per heavy atom. The van der Waals surface area contributed by atoms with Crippen molar-refractivity contribution in [2.24, 2.45) is 0 Å². The number of hydrogen-bond donors (Lipinski definition) is 1. The predicted molar refractivity (Wildman–Crippen MR) is 104 cm³/mol. The van der Waals surface area contributed by atoms with Gasteiger partial charge in [0.15, 0.2) is 0 Å². The summed E-state index contributed by atoms with van der Waals surface area (Å²) in [7, 11) is 0. The SMILES string of the molecule is Cc1nn(-c2ccccc2F)c(C)c1CC(=O)Nc1ccc2c(c1)CCC2. The van der Waals surface area contributed by atoms with Gasteiger partial charge in [0.2, 0.25) is 5.91 Å². The number of aryl methyl sites for hydroxylation is 3. The number of nitrogens with zero attached hydrogens (tertiary/aromatic N) is 2. The minimum absolute atomic E-state index is 0.0905. The lowest BCUT2D eigenvalue weighted by Crippen LogP contribution is -2.15. The summed E-state index contributed by atoms with van der Waals surface area (Å²) in [6.45, 7) is 3.72. The zero-order valence-corrected chi connectivity index (χ0v) is 15.6. The van der Waals surface area contributed by atoms with E-state index >= 15 is 0 Å². The van der Waals surface area contributed by atoms with Crippen LogP contribution in [-0.4, -0.2) is 15.7 Å². The van der Waals surface area contributed by atoms with Crippen LogP contribution in [0.15, 0.2) is 42.5 Å². The molecule has 1 aliphatic rings. The van der Waals surface area contributed by atoms with Crippen molar-refractivity contribution < 1.29 is 9.18 Å². The van der Waals surface area contributed by atoms with Crippen LogP contribution in [-0.2, 0) is 24.1 Å². The highest BCUT2D eigenvalue weighted by Crippen LogP contribution is 2.25. The van der Waals surface area contributed by atoms with E-state index in [1.54, 1.807) is 22.9 Å². The number of nitrogens with one attached hydrogen (secondary N) is 1. The Balaban J connectivity index is 1.54. The van der Waals surface area contributed by atoms with Crippen LogP contribution in [0.5, 0.6) is 0 Å². The maximum atomic E-state index is 14.1. The van der Waals surface area contributed by atoms with Crippen molar-refractivity contribution in [1.29, 1.82) is 0 Å². The molecule has 1 aromatic heterocycles. The van der Waals surface area contributed by atoms with Crippen molar-refractivity contribution in [3.63, 3.8) is 0 Å². The van der Waals surface area contributed by atoms with E-state index in [2.05, 4.69) is 22.5 Å². The number of benzene rings is 2. The van der Waals surface area contributed by atoms with Crippen molar-refractivity contribution in [2.45, 2.75) is 39.5 Å². The molecule has 138 valence electrons. The Labute approximate surface area is 158 Å². The summed E-state index contributed by atoms with van der Waals surface area (Å²) in [4.78, 5) is 12.6. The van der Waals surface area contributed by atoms with Gasteiger partial charge < -0.3 is 5.32 Å². The van der Waals surface area contributed by atoms with Gasteiger partial charge in [-0.15, -0.1) is 0 Å². The summed E-state index contributed by atoms with van der Waals surface area (Å²) >= 11 is 0. The molecular weight excluding hydrogens is 341 g/mol. The van der Waals surface area contributed by atoms with E-state index in [4.69, 9.17) is 0 Å². The van der Waals surface area contributed by atoms with Gasteiger partial charge in [-0.3, -0.25) is 4.79 Å². The van der Waals surface area contributed by atoms with Crippen molar-refractivity contribution >= 4 is 11.6 Å². The molecule has 2 aromatic carbocycles. The van der Waals surface area contributed by atoms with Crippen LogP contribution in [0.1, 0.15) is 34.5 Å². The van der Waals surface area contributed by atoms with Gasteiger partial charge in [-0.25, -0.2) is 9.07 Å². The molecule has 0 saturated heterocycles. The fraction of sp³-hybridized carbons (Fsp3) is 0.273. The number of carbonyl (C=O) groups is 1. The predicted octanol–water partition coefficient (Wildman–Crippen LogP) is 4.30. The van der Waals surface area contributed by atoms with Gasteiger partial charge >= 0.3 is 0 Å². The summed E-state index contributed by atoms with van der Waals surface area (Å²) < 4.78 is 15.7.